The molecule has 0 saturated carbocycles. The molecule has 2 aromatic heterocycles. The van der Waals surface area contributed by atoms with Gasteiger partial charge in [-0.05, 0) is 31.4 Å². The first kappa shape index (κ1) is 14.5. The highest BCUT2D eigenvalue weighted by Crippen LogP contribution is 2.32. The Balaban J connectivity index is 2.14. The first-order valence-corrected chi connectivity index (χ1v) is 9.28. The van der Waals surface area contributed by atoms with E-state index in [-0.39, 0.29) is 5.56 Å². The topological polar surface area (TPSA) is 34.9 Å². The second-order valence-electron chi connectivity index (χ2n) is 5.35. The van der Waals surface area contributed by atoms with E-state index in [2.05, 4.69) is 0 Å². The maximum atomic E-state index is 13.2. The highest BCUT2D eigenvalue weighted by Gasteiger charge is 2.16. The van der Waals surface area contributed by atoms with Crippen molar-refractivity contribution >= 4 is 43.4 Å². The summed E-state index contributed by atoms with van der Waals surface area (Å²) >= 11 is 3.07. The van der Waals surface area contributed by atoms with Gasteiger partial charge >= 0.3 is 0 Å². The van der Waals surface area contributed by atoms with Crippen molar-refractivity contribution in [1.29, 1.82) is 0 Å². The summed E-state index contributed by atoms with van der Waals surface area (Å²) in [5.74, 6) is 0. The van der Waals surface area contributed by atoms with Gasteiger partial charge in [-0.1, -0.05) is 47.7 Å². The molecule has 5 heteroatoms. The Morgan fingerprint density at radius 3 is 2.57 bits per heavy atom. The van der Waals surface area contributed by atoms with Crippen LogP contribution in [0.15, 0.2) is 58.5 Å². The van der Waals surface area contributed by atoms with E-state index in [9.17, 15) is 4.79 Å². The summed E-state index contributed by atoms with van der Waals surface area (Å²) in [6.07, 6.45) is 1.95. The lowest BCUT2D eigenvalue weighted by atomic mass is 10.2. The Hall–Kier alpha value is -2.11. The van der Waals surface area contributed by atoms with Crippen LogP contribution in [0.4, 0.5) is 0 Å². The van der Waals surface area contributed by atoms with E-state index in [0.29, 0.717) is 5.39 Å². The third-order valence-corrected chi connectivity index (χ3v) is 5.56. The SMILES string of the molecule is CSc1nc2sc3ccccc3c2c(=O)n1-c1ccc(C)cc1. The molecule has 0 N–H and O–H groups in total. The maximum absolute atomic E-state index is 13.2. The highest BCUT2D eigenvalue weighted by atomic mass is 32.2. The standard InChI is InChI=1S/C18H14N2OS2/c1-11-7-9-12(10-8-11)20-17(21)15-13-5-3-4-6-14(13)23-16(15)19-18(20)22-2/h3-10H,1-2H3. The van der Waals surface area contributed by atoms with Crippen molar-refractivity contribution in [3.05, 3.63) is 64.4 Å². The van der Waals surface area contributed by atoms with E-state index in [1.54, 1.807) is 15.9 Å². The maximum Gasteiger partial charge on any atom is 0.268 e. The molecule has 4 aromatic rings. The zero-order chi connectivity index (χ0) is 16.0. The molecule has 0 spiro atoms. The van der Waals surface area contributed by atoms with Crippen LogP contribution < -0.4 is 5.56 Å². The summed E-state index contributed by atoms with van der Waals surface area (Å²) in [6.45, 7) is 2.04. The van der Waals surface area contributed by atoms with E-state index in [1.165, 1.54) is 17.3 Å². The van der Waals surface area contributed by atoms with Gasteiger partial charge in [0.2, 0.25) is 0 Å². The van der Waals surface area contributed by atoms with Crippen LogP contribution in [0.2, 0.25) is 0 Å². The van der Waals surface area contributed by atoms with Crippen molar-refractivity contribution < 1.29 is 0 Å². The molecule has 2 heterocycles. The van der Waals surface area contributed by atoms with Gasteiger partial charge in [-0.2, -0.15) is 0 Å². The van der Waals surface area contributed by atoms with Gasteiger partial charge in [0.25, 0.3) is 5.56 Å². The van der Waals surface area contributed by atoms with Crippen LogP contribution in [0.5, 0.6) is 0 Å². The van der Waals surface area contributed by atoms with Crippen LogP contribution >= 0.6 is 23.1 Å². The van der Waals surface area contributed by atoms with Gasteiger partial charge in [-0.25, -0.2) is 4.98 Å². The summed E-state index contributed by atoms with van der Waals surface area (Å²) in [7, 11) is 0. The Labute approximate surface area is 141 Å². The van der Waals surface area contributed by atoms with E-state index >= 15 is 0 Å². The van der Waals surface area contributed by atoms with E-state index in [4.69, 9.17) is 4.98 Å². The van der Waals surface area contributed by atoms with Gasteiger partial charge in [0.1, 0.15) is 4.83 Å². The number of aryl methyl sites for hydroxylation is 1. The van der Waals surface area contributed by atoms with Crippen molar-refractivity contribution in [1.82, 2.24) is 9.55 Å². The quantitative estimate of drug-likeness (QED) is 0.395. The molecular weight excluding hydrogens is 324 g/mol. The van der Waals surface area contributed by atoms with E-state index in [0.717, 1.165) is 25.8 Å². The van der Waals surface area contributed by atoms with Gasteiger partial charge in [0, 0.05) is 10.1 Å². The molecule has 3 nitrogen and oxygen atoms in total. The summed E-state index contributed by atoms with van der Waals surface area (Å²) in [5, 5.41) is 2.42. The van der Waals surface area contributed by atoms with E-state index < -0.39 is 0 Å². The lowest BCUT2D eigenvalue weighted by Gasteiger charge is -2.10. The summed E-state index contributed by atoms with van der Waals surface area (Å²) in [4.78, 5) is 18.7. The number of nitrogens with zero attached hydrogens (tertiary/aromatic N) is 2. The van der Waals surface area contributed by atoms with Crippen LogP contribution in [0.25, 0.3) is 26.0 Å². The van der Waals surface area contributed by atoms with Crippen molar-refractivity contribution in [2.45, 2.75) is 12.1 Å². The first-order valence-electron chi connectivity index (χ1n) is 7.24. The lowest BCUT2D eigenvalue weighted by molar-refractivity contribution is 0.825. The zero-order valence-electron chi connectivity index (χ0n) is 12.7. The Bertz CT molecular complexity index is 1080. The minimum absolute atomic E-state index is 0.000605. The van der Waals surface area contributed by atoms with Crippen LogP contribution in [-0.2, 0) is 0 Å². The zero-order valence-corrected chi connectivity index (χ0v) is 14.4. The number of aromatic nitrogens is 2. The summed E-state index contributed by atoms with van der Waals surface area (Å²) in [5.41, 5.74) is 2.03. The molecule has 2 aromatic carbocycles. The number of rotatable bonds is 2. The monoisotopic (exact) mass is 338 g/mol. The fraction of sp³-hybridized carbons (Fsp3) is 0.111. The highest BCUT2D eigenvalue weighted by molar-refractivity contribution is 7.98. The lowest BCUT2D eigenvalue weighted by Crippen LogP contribution is -2.21. The van der Waals surface area contributed by atoms with Gasteiger partial charge < -0.3 is 0 Å². The molecule has 4 rings (SSSR count). The second kappa shape index (κ2) is 5.51. The van der Waals surface area contributed by atoms with Crippen molar-refractivity contribution in [3.8, 4) is 5.69 Å². The first-order chi connectivity index (χ1) is 11.2. The predicted octanol–water partition coefficient (Wildman–Crippen LogP) is 4.63. The predicted molar refractivity (Wildman–Crippen MR) is 99.2 cm³/mol. The van der Waals surface area contributed by atoms with Crippen molar-refractivity contribution in [3.63, 3.8) is 0 Å². The van der Waals surface area contributed by atoms with Crippen LogP contribution in [0.1, 0.15) is 5.56 Å². The number of hydrogen-bond donors (Lipinski definition) is 0. The fourth-order valence-electron chi connectivity index (χ4n) is 2.71. The summed E-state index contributed by atoms with van der Waals surface area (Å²) < 4.78 is 2.81. The molecule has 0 bridgehead atoms. The van der Waals surface area contributed by atoms with Gasteiger partial charge in [-0.15, -0.1) is 11.3 Å². The number of hydrogen-bond acceptors (Lipinski definition) is 4. The van der Waals surface area contributed by atoms with Gasteiger partial charge in [-0.3, -0.25) is 9.36 Å². The number of thioether (sulfide) groups is 1. The van der Waals surface area contributed by atoms with Crippen LogP contribution in [0, 0.1) is 6.92 Å². The van der Waals surface area contributed by atoms with Gasteiger partial charge in [0.05, 0.1) is 11.1 Å². The van der Waals surface area contributed by atoms with Crippen molar-refractivity contribution in [2.24, 2.45) is 0 Å². The molecule has 114 valence electrons. The minimum Gasteiger partial charge on any atom is -0.268 e. The number of fused-ring (bicyclic) bond motifs is 3. The minimum atomic E-state index is 0.000605. The number of thiophene rings is 1. The third-order valence-electron chi connectivity index (χ3n) is 3.86. The third kappa shape index (κ3) is 2.28. The average Bonchev–Trinajstić information content (AvgIpc) is 2.94. The Morgan fingerprint density at radius 1 is 1.09 bits per heavy atom. The molecular formula is C18H14N2OS2. The fourth-order valence-corrected chi connectivity index (χ4v) is 4.39. The number of benzene rings is 2. The molecule has 0 radical (unpaired) electrons. The Morgan fingerprint density at radius 2 is 1.83 bits per heavy atom. The molecule has 0 aliphatic heterocycles. The second-order valence-corrected chi connectivity index (χ2v) is 7.16. The average molecular weight is 338 g/mol. The normalized spacial score (nSPS) is 11.4. The van der Waals surface area contributed by atoms with Crippen LogP contribution in [0.3, 0.4) is 0 Å². The molecule has 0 amide bonds. The molecule has 0 aliphatic carbocycles. The molecule has 0 unspecified atom stereocenters. The smallest absolute Gasteiger partial charge is 0.268 e. The molecule has 0 saturated heterocycles. The van der Waals surface area contributed by atoms with Crippen molar-refractivity contribution in [2.75, 3.05) is 6.26 Å². The molecule has 0 aliphatic rings. The molecule has 0 atom stereocenters. The largest absolute Gasteiger partial charge is 0.268 e. The summed E-state index contributed by atoms with van der Waals surface area (Å²) in [6, 6.07) is 16.0. The van der Waals surface area contributed by atoms with E-state index in [1.807, 2.05) is 61.7 Å². The Kier molecular flexibility index (Phi) is 3.47. The molecule has 0 fully saturated rings. The van der Waals surface area contributed by atoms with Gasteiger partial charge in [0.15, 0.2) is 5.16 Å². The van der Waals surface area contributed by atoms with Crippen LogP contribution in [-0.4, -0.2) is 15.8 Å². The molecule has 23 heavy (non-hydrogen) atoms.